The van der Waals surface area contributed by atoms with Crippen molar-refractivity contribution in [2.45, 2.75) is 29.9 Å². The zero-order valence-corrected chi connectivity index (χ0v) is 12.7. The monoisotopic (exact) mass is 311 g/mol. The fourth-order valence-corrected chi connectivity index (χ4v) is 3.33. The number of aromatic nitrogens is 2. The summed E-state index contributed by atoms with van der Waals surface area (Å²) in [6, 6.07) is 5.36. The normalized spacial score (nSPS) is 12.2. The first-order valence-electron chi connectivity index (χ1n) is 6.15. The van der Waals surface area contributed by atoms with Crippen molar-refractivity contribution in [3.63, 3.8) is 0 Å². The van der Waals surface area contributed by atoms with E-state index in [2.05, 4.69) is 29.4 Å². The molecule has 0 saturated carbocycles. The number of nitrogens with one attached hydrogen (secondary N) is 1. The van der Waals surface area contributed by atoms with Gasteiger partial charge in [-0.2, -0.15) is 0 Å². The first kappa shape index (κ1) is 14.9. The third kappa shape index (κ3) is 4.01. The van der Waals surface area contributed by atoms with Gasteiger partial charge >= 0.3 is 0 Å². The van der Waals surface area contributed by atoms with E-state index in [4.69, 9.17) is 0 Å². The number of hydrogen-bond donors (Lipinski definition) is 1. The first-order chi connectivity index (χ1) is 9.58. The van der Waals surface area contributed by atoms with Gasteiger partial charge in [-0.1, -0.05) is 36.9 Å². The fourth-order valence-electron chi connectivity index (χ4n) is 1.33. The van der Waals surface area contributed by atoms with Crippen LogP contribution in [0.25, 0.3) is 0 Å². The summed E-state index contributed by atoms with van der Waals surface area (Å²) < 4.78 is 13.6. The predicted octanol–water partition coefficient (Wildman–Crippen LogP) is 3.82. The molecule has 1 amide bonds. The number of benzene rings is 1. The van der Waals surface area contributed by atoms with Crippen LogP contribution >= 0.6 is 23.1 Å². The maximum atomic E-state index is 12.8. The lowest BCUT2D eigenvalue weighted by Gasteiger charge is -2.02. The van der Waals surface area contributed by atoms with Gasteiger partial charge in [-0.05, 0) is 30.7 Å². The smallest absolute Gasteiger partial charge is 0.257 e. The number of amides is 1. The van der Waals surface area contributed by atoms with Gasteiger partial charge in [-0.3, -0.25) is 10.1 Å². The predicted molar refractivity (Wildman–Crippen MR) is 79.9 cm³/mol. The van der Waals surface area contributed by atoms with E-state index >= 15 is 0 Å². The Labute approximate surface area is 124 Å². The second kappa shape index (κ2) is 6.81. The highest BCUT2D eigenvalue weighted by atomic mass is 32.2. The van der Waals surface area contributed by atoms with Gasteiger partial charge in [-0.15, -0.1) is 10.2 Å². The van der Waals surface area contributed by atoms with E-state index in [1.54, 1.807) is 11.8 Å². The summed E-state index contributed by atoms with van der Waals surface area (Å²) in [5, 5.41) is 11.5. The number of anilines is 1. The Morgan fingerprint density at radius 3 is 2.75 bits per heavy atom. The molecule has 1 heterocycles. The van der Waals surface area contributed by atoms with Gasteiger partial charge in [0.2, 0.25) is 5.13 Å². The number of thioether (sulfide) groups is 1. The molecule has 1 aromatic carbocycles. The van der Waals surface area contributed by atoms with Crippen LogP contribution in [0.3, 0.4) is 0 Å². The van der Waals surface area contributed by atoms with Crippen LogP contribution in [0.15, 0.2) is 28.6 Å². The average molecular weight is 311 g/mol. The molecule has 1 N–H and O–H groups in total. The number of carbonyl (C=O) groups is 1. The quantitative estimate of drug-likeness (QED) is 0.673. The molecule has 2 aromatic rings. The van der Waals surface area contributed by atoms with Gasteiger partial charge in [0.05, 0.1) is 0 Å². The highest BCUT2D eigenvalue weighted by molar-refractivity contribution is 8.01. The minimum Gasteiger partial charge on any atom is -0.296 e. The minimum absolute atomic E-state index is 0.318. The molecule has 4 nitrogen and oxygen atoms in total. The molecule has 0 aliphatic heterocycles. The summed E-state index contributed by atoms with van der Waals surface area (Å²) in [6.07, 6.45) is 1.04. The number of rotatable bonds is 5. The molecule has 0 fully saturated rings. The maximum Gasteiger partial charge on any atom is 0.257 e. The van der Waals surface area contributed by atoms with Crippen LogP contribution < -0.4 is 5.32 Å². The minimum atomic E-state index is -0.371. The Morgan fingerprint density at radius 2 is 2.10 bits per heavy atom. The van der Waals surface area contributed by atoms with Crippen molar-refractivity contribution in [2.75, 3.05) is 5.32 Å². The van der Waals surface area contributed by atoms with Crippen LogP contribution in [0.4, 0.5) is 9.52 Å². The van der Waals surface area contributed by atoms with Crippen LogP contribution in [0.2, 0.25) is 0 Å². The van der Waals surface area contributed by atoms with Gasteiger partial charge in [-0.25, -0.2) is 4.39 Å². The van der Waals surface area contributed by atoms with E-state index in [-0.39, 0.29) is 11.7 Å². The molecule has 1 unspecified atom stereocenters. The summed E-state index contributed by atoms with van der Waals surface area (Å²) in [4.78, 5) is 11.9. The molecular weight excluding hydrogens is 297 g/mol. The van der Waals surface area contributed by atoms with Gasteiger partial charge in [0, 0.05) is 10.8 Å². The van der Waals surface area contributed by atoms with Crippen molar-refractivity contribution < 1.29 is 9.18 Å². The zero-order chi connectivity index (χ0) is 14.5. The summed E-state index contributed by atoms with van der Waals surface area (Å²) >= 11 is 2.97. The molecule has 2 rings (SSSR count). The Hall–Kier alpha value is -1.47. The first-order valence-corrected chi connectivity index (χ1v) is 7.85. The standard InChI is InChI=1S/C13H14FN3OS2/c1-3-8(2)19-13-17-16-12(20-13)15-11(18)9-4-6-10(14)7-5-9/h4-8H,3H2,1-2H3,(H,15,16,18). The van der Waals surface area contributed by atoms with Gasteiger partial charge in [0.15, 0.2) is 4.34 Å². The fraction of sp³-hybridized carbons (Fsp3) is 0.308. The van der Waals surface area contributed by atoms with Gasteiger partial charge in [0.1, 0.15) is 5.82 Å². The van der Waals surface area contributed by atoms with Crippen molar-refractivity contribution in [2.24, 2.45) is 0 Å². The lowest BCUT2D eigenvalue weighted by atomic mass is 10.2. The Bertz CT molecular complexity index is 586. The van der Waals surface area contributed by atoms with Crippen molar-refractivity contribution in [1.82, 2.24) is 10.2 Å². The molecule has 0 saturated heterocycles. The third-order valence-corrected chi connectivity index (χ3v) is 4.80. The molecule has 106 valence electrons. The van der Waals surface area contributed by atoms with Crippen LogP contribution in [-0.4, -0.2) is 21.4 Å². The zero-order valence-electron chi connectivity index (χ0n) is 11.1. The Balaban J connectivity index is 1.99. The lowest BCUT2D eigenvalue weighted by Crippen LogP contribution is -2.11. The summed E-state index contributed by atoms with van der Waals surface area (Å²) in [7, 11) is 0. The van der Waals surface area contributed by atoms with Crippen LogP contribution in [0.5, 0.6) is 0 Å². The number of halogens is 1. The molecule has 1 atom stereocenters. The molecule has 1 aromatic heterocycles. The SMILES string of the molecule is CCC(C)Sc1nnc(NC(=O)c2ccc(F)cc2)s1. The van der Waals surface area contributed by atoms with E-state index in [1.165, 1.54) is 35.6 Å². The van der Waals surface area contributed by atoms with E-state index in [0.29, 0.717) is 15.9 Å². The third-order valence-electron chi connectivity index (χ3n) is 2.61. The largest absolute Gasteiger partial charge is 0.296 e. The Kier molecular flexibility index (Phi) is 5.08. The van der Waals surface area contributed by atoms with Crippen LogP contribution in [0, 0.1) is 5.82 Å². The molecule has 20 heavy (non-hydrogen) atoms. The number of hydrogen-bond acceptors (Lipinski definition) is 5. The van der Waals surface area contributed by atoms with E-state index in [9.17, 15) is 9.18 Å². The Morgan fingerprint density at radius 1 is 1.40 bits per heavy atom. The summed E-state index contributed by atoms with van der Waals surface area (Å²) in [5.41, 5.74) is 0.387. The molecule has 0 aliphatic rings. The van der Waals surface area contributed by atoms with E-state index in [1.807, 2.05) is 0 Å². The van der Waals surface area contributed by atoms with Crippen molar-refractivity contribution in [3.05, 3.63) is 35.6 Å². The molecule has 0 radical (unpaired) electrons. The lowest BCUT2D eigenvalue weighted by molar-refractivity contribution is 0.102. The second-order valence-corrected chi connectivity index (χ2v) is 6.83. The van der Waals surface area contributed by atoms with Crippen LogP contribution in [-0.2, 0) is 0 Å². The molecular formula is C13H14FN3OS2. The average Bonchev–Trinajstić information content (AvgIpc) is 2.86. The molecule has 7 heteroatoms. The summed E-state index contributed by atoms with van der Waals surface area (Å²) in [6.45, 7) is 4.22. The topological polar surface area (TPSA) is 54.9 Å². The van der Waals surface area contributed by atoms with Crippen LogP contribution in [0.1, 0.15) is 30.6 Å². The van der Waals surface area contributed by atoms with Gasteiger partial charge < -0.3 is 0 Å². The molecule has 0 aliphatic carbocycles. The highest BCUT2D eigenvalue weighted by Gasteiger charge is 2.12. The summed E-state index contributed by atoms with van der Waals surface area (Å²) in [5.74, 6) is -0.689. The molecule has 0 spiro atoms. The van der Waals surface area contributed by atoms with Gasteiger partial charge in [0.25, 0.3) is 5.91 Å². The van der Waals surface area contributed by atoms with Crippen molar-refractivity contribution in [1.29, 1.82) is 0 Å². The van der Waals surface area contributed by atoms with Crippen molar-refractivity contribution in [3.8, 4) is 0 Å². The second-order valence-electron chi connectivity index (χ2n) is 4.17. The van der Waals surface area contributed by atoms with Crippen molar-refractivity contribution >= 4 is 34.1 Å². The molecule has 0 bridgehead atoms. The van der Waals surface area contributed by atoms with E-state index < -0.39 is 0 Å². The number of nitrogens with zero attached hydrogens (tertiary/aromatic N) is 2. The number of carbonyl (C=O) groups excluding carboxylic acids is 1. The maximum absolute atomic E-state index is 12.8. The highest BCUT2D eigenvalue weighted by Crippen LogP contribution is 2.30. The van der Waals surface area contributed by atoms with E-state index in [0.717, 1.165) is 10.8 Å².